The normalized spacial score (nSPS) is 11.9. The summed E-state index contributed by atoms with van der Waals surface area (Å²) in [5, 5.41) is 5.09. The molecule has 0 aliphatic rings. The molecule has 0 atom stereocenters. The summed E-state index contributed by atoms with van der Waals surface area (Å²) in [5.41, 5.74) is 4.23. The molecule has 0 radical (unpaired) electrons. The minimum absolute atomic E-state index is 0.152. The Hall–Kier alpha value is -3.13. The summed E-state index contributed by atoms with van der Waals surface area (Å²) in [5.74, 6) is -0.452. The third-order valence-electron chi connectivity index (χ3n) is 5.44. The van der Waals surface area contributed by atoms with Crippen LogP contribution in [0.3, 0.4) is 0 Å². The van der Waals surface area contributed by atoms with E-state index in [0.717, 1.165) is 27.7 Å². The Bertz CT molecular complexity index is 1310. The summed E-state index contributed by atoms with van der Waals surface area (Å²) in [6.45, 7) is 2.01. The first kappa shape index (κ1) is 22.1. The number of aromatic nitrogens is 2. The number of carbonyl (C=O) groups is 1. The summed E-state index contributed by atoms with van der Waals surface area (Å²) in [7, 11) is 1.94. The van der Waals surface area contributed by atoms with E-state index in [1.54, 1.807) is 0 Å². The zero-order valence-electron chi connectivity index (χ0n) is 17.4. The average molecular weight is 464 g/mol. The molecule has 0 aliphatic heterocycles. The quantitative estimate of drug-likeness (QED) is 0.381. The lowest BCUT2D eigenvalue weighted by Crippen LogP contribution is -2.23. The zero-order valence-corrected chi connectivity index (χ0v) is 18.2. The third kappa shape index (κ3) is 4.70. The number of nitrogens with one attached hydrogen (secondary N) is 2. The Labute approximate surface area is 187 Å². The molecule has 0 spiro atoms. The standard InChI is InChI=1S/C23H21ClF3N3O2/c1-13-19(18-10-16(32-23(25,26)27)5-6-20(18)29-13)11-28-22(31)8-3-14-12-30(2)21-7-4-15(24)9-17(14)21/h4-7,9-10,12,29H,3,8,11H2,1-2H3,(H,28,31). The van der Waals surface area contributed by atoms with Gasteiger partial charge in [0.2, 0.25) is 5.91 Å². The van der Waals surface area contributed by atoms with Gasteiger partial charge in [-0.25, -0.2) is 0 Å². The Morgan fingerprint density at radius 3 is 2.72 bits per heavy atom. The first-order chi connectivity index (χ1) is 15.1. The fourth-order valence-electron chi connectivity index (χ4n) is 3.96. The highest BCUT2D eigenvalue weighted by Gasteiger charge is 2.31. The summed E-state index contributed by atoms with van der Waals surface area (Å²) >= 11 is 6.12. The average Bonchev–Trinajstić information content (AvgIpc) is 3.18. The summed E-state index contributed by atoms with van der Waals surface area (Å²) in [6, 6.07) is 9.77. The first-order valence-electron chi connectivity index (χ1n) is 9.98. The fraction of sp³-hybridized carbons (Fsp3) is 0.261. The van der Waals surface area contributed by atoms with Crippen LogP contribution in [-0.4, -0.2) is 21.8 Å². The molecule has 168 valence electrons. The van der Waals surface area contributed by atoms with Crippen LogP contribution < -0.4 is 10.1 Å². The lowest BCUT2D eigenvalue weighted by Gasteiger charge is -2.09. The van der Waals surface area contributed by atoms with Crippen LogP contribution in [0.4, 0.5) is 13.2 Å². The second-order valence-corrected chi connectivity index (χ2v) is 8.12. The number of amides is 1. The van der Waals surface area contributed by atoms with E-state index in [9.17, 15) is 18.0 Å². The number of halogens is 4. The molecule has 4 rings (SSSR count). The molecule has 0 aliphatic carbocycles. The number of benzene rings is 2. The van der Waals surface area contributed by atoms with Crippen molar-refractivity contribution in [2.45, 2.75) is 32.7 Å². The maximum atomic E-state index is 12.6. The molecule has 2 heterocycles. The number of hydrogen-bond acceptors (Lipinski definition) is 2. The maximum Gasteiger partial charge on any atom is 0.573 e. The number of carbonyl (C=O) groups excluding carboxylic acids is 1. The van der Waals surface area contributed by atoms with Crippen molar-refractivity contribution in [2.75, 3.05) is 0 Å². The van der Waals surface area contributed by atoms with E-state index in [2.05, 4.69) is 15.0 Å². The molecule has 5 nitrogen and oxygen atoms in total. The summed E-state index contributed by atoms with van der Waals surface area (Å²) in [4.78, 5) is 15.6. The molecule has 0 unspecified atom stereocenters. The molecule has 2 aromatic carbocycles. The predicted molar refractivity (Wildman–Crippen MR) is 118 cm³/mol. The van der Waals surface area contributed by atoms with Gasteiger partial charge >= 0.3 is 6.36 Å². The topological polar surface area (TPSA) is 59.0 Å². The van der Waals surface area contributed by atoms with Gasteiger partial charge in [0.15, 0.2) is 0 Å². The second kappa shape index (κ2) is 8.43. The van der Waals surface area contributed by atoms with E-state index >= 15 is 0 Å². The molecule has 0 fully saturated rings. The van der Waals surface area contributed by atoms with Gasteiger partial charge in [-0.05, 0) is 60.9 Å². The molecular weight excluding hydrogens is 443 g/mol. The Morgan fingerprint density at radius 2 is 1.97 bits per heavy atom. The number of alkyl halides is 3. The number of aromatic amines is 1. The summed E-state index contributed by atoms with van der Waals surface area (Å²) in [6.07, 6.45) is -1.96. The highest BCUT2D eigenvalue weighted by molar-refractivity contribution is 6.31. The van der Waals surface area contributed by atoms with Crippen LogP contribution in [0.25, 0.3) is 21.8 Å². The Kier molecular flexibility index (Phi) is 5.81. The maximum absolute atomic E-state index is 12.6. The van der Waals surface area contributed by atoms with Crippen LogP contribution in [0.5, 0.6) is 5.75 Å². The van der Waals surface area contributed by atoms with Gasteiger partial charge < -0.3 is 19.6 Å². The van der Waals surface area contributed by atoms with Gasteiger partial charge in [0, 0.05) is 58.7 Å². The number of H-pyrrole nitrogens is 1. The third-order valence-corrected chi connectivity index (χ3v) is 5.68. The van der Waals surface area contributed by atoms with Crippen molar-refractivity contribution in [3.8, 4) is 5.75 Å². The van der Waals surface area contributed by atoms with Crippen molar-refractivity contribution in [1.82, 2.24) is 14.9 Å². The number of ether oxygens (including phenoxy) is 1. The lowest BCUT2D eigenvalue weighted by atomic mass is 10.1. The van der Waals surface area contributed by atoms with Gasteiger partial charge in [-0.1, -0.05) is 11.6 Å². The second-order valence-electron chi connectivity index (χ2n) is 7.69. The van der Waals surface area contributed by atoms with Crippen molar-refractivity contribution in [3.63, 3.8) is 0 Å². The molecule has 9 heteroatoms. The number of hydrogen-bond donors (Lipinski definition) is 2. The molecule has 0 saturated carbocycles. The lowest BCUT2D eigenvalue weighted by molar-refractivity contribution is -0.274. The fourth-order valence-corrected chi connectivity index (χ4v) is 4.13. The molecule has 4 aromatic rings. The van der Waals surface area contributed by atoms with Crippen LogP contribution in [0.2, 0.25) is 5.02 Å². The SMILES string of the molecule is Cc1[nH]c2ccc(OC(F)(F)F)cc2c1CNC(=O)CCc1cn(C)c2ccc(Cl)cc12. The highest BCUT2D eigenvalue weighted by Crippen LogP contribution is 2.30. The molecule has 0 bridgehead atoms. The molecule has 1 amide bonds. The van der Waals surface area contributed by atoms with Gasteiger partial charge in [-0.15, -0.1) is 13.2 Å². The highest BCUT2D eigenvalue weighted by atomic mass is 35.5. The molecule has 0 saturated heterocycles. The monoisotopic (exact) mass is 463 g/mol. The van der Waals surface area contributed by atoms with Crippen molar-refractivity contribution < 1.29 is 22.7 Å². The van der Waals surface area contributed by atoms with E-state index in [-0.39, 0.29) is 24.6 Å². The minimum atomic E-state index is -4.76. The number of aryl methyl sites for hydroxylation is 3. The van der Waals surface area contributed by atoms with Crippen LogP contribution in [0.1, 0.15) is 23.2 Å². The molecule has 2 aromatic heterocycles. The van der Waals surface area contributed by atoms with Crippen LogP contribution in [0, 0.1) is 6.92 Å². The largest absolute Gasteiger partial charge is 0.573 e. The van der Waals surface area contributed by atoms with Crippen LogP contribution in [-0.2, 0) is 24.8 Å². The predicted octanol–water partition coefficient (Wildman–Crippen LogP) is 5.77. The molecule has 2 N–H and O–H groups in total. The van der Waals surface area contributed by atoms with Crippen molar-refractivity contribution in [3.05, 3.63) is 64.4 Å². The van der Waals surface area contributed by atoms with E-state index in [1.165, 1.54) is 18.2 Å². The number of rotatable bonds is 6. The van der Waals surface area contributed by atoms with Gasteiger partial charge in [0.25, 0.3) is 0 Å². The first-order valence-corrected chi connectivity index (χ1v) is 10.4. The van der Waals surface area contributed by atoms with E-state index in [0.29, 0.717) is 22.3 Å². The number of fused-ring (bicyclic) bond motifs is 2. The van der Waals surface area contributed by atoms with Crippen molar-refractivity contribution >= 4 is 39.3 Å². The number of nitrogens with zero attached hydrogens (tertiary/aromatic N) is 1. The Balaban J connectivity index is 1.44. The van der Waals surface area contributed by atoms with E-state index in [4.69, 9.17) is 11.6 Å². The smallest absolute Gasteiger partial charge is 0.406 e. The van der Waals surface area contributed by atoms with Gasteiger partial charge in [0.05, 0.1) is 0 Å². The van der Waals surface area contributed by atoms with Crippen molar-refractivity contribution in [1.29, 1.82) is 0 Å². The van der Waals surface area contributed by atoms with Crippen molar-refractivity contribution in [2.24, 2.45) is 7.05 Å². The molecular formula is C23H21ClF3N3O2. The molecule has 32 heavy (non-hydrogen) atoms. The van der Waals surface area contributed by atoms with E-state index < -0.39 is 6.36 Å². The van der Waals surface area contributed by atoms with Gasteiger partial charge in [-0.3, -0.25) is 4.79 Å². The minimum Gasteiger partial charge on any atom is -0.406 e. The Morgan fingerprint density at radius 1 is 1.19 bits per heavy atom. The van der Waals surface area contributed by atoms with Crippen LogP contribution in [0.15, 0.2) is 42.6 Å². The van der Waals surface area contributed by atoms with E-state index in [1.807, 2.05) is 42.9 Å². The summed E-state index contributed by atoms with van der Waals surface area (Å²) < 4.78 is 43.7. The van der Waals surface area contributed by atoms with Gasteiger partial charge in [-0.2, -0.15) is 0 Å². The van der Waals surface area contributed by atoms with Gasteiger partial charge in [0.1, 0.15) is 5.75 Å². The van der Waals surface area contributed by atoms with Crippen LogP contribution >= 0.6 is 11.6 Å². The zero-order chi connectivity index (χ0) is 23.0.